The van der Waals surface area contributed by atoms with Crippen LogP contribution < -0.4 is 16.0 Å². The second-order valence-electron chi connectivity index (χ2n) is 8.50. The van der Waals surface area contributed by atoms with Crippen molar-refractivity contribution < 1.29 is 36.3 Å². The van der Waals surface area contributed by atoms with Crippen molar-refractivity contribution in [2.24, 2.45) is 4.99 Å². The van der Waals surface area contributed by atoms with Crippen molar-refractivity contribution in [1.29, 1.82) is 0 Å². The molecule has 0 atom stereocenters. The molecule has 1 saturated carbocycles. The number of rotatable bonds is 6. The summed E-state index contributed by atoms with van der Waals surface area (Å²) in [6.07, 6.45) is -2.43. The highest BCUT2D eigenvalue weighted by Crippen LogP contribution is 2.29. The number of hydrogen-bond donors (Lipinski definition) is 3. The zero-order chi connectivity index (χ0) is 27.0. The van der Waals surface area contributed by atoms with Gasteiger partial charge in [0.15, 0.2) is 17.6 Å². The first-order valence-electron chi connectivity index (χ1n) is 11.7. The van der Waals surface area contributed by atoms with Crippen LogP contribution in [0.5, 0.6) is 0 Å². The molecule has 0 aliphatic heterocycles. The fourth-order valence-electron chi connectivity index (χ4n) is 3.82. The molecule has 3 N–H and O–H groups in total. The Labute approximate surface area is 210 Å². The Morgan fingerprint density at radius 2 is 1.57 bits per heavy atom. The second kappa shape index (κ2) is 12.5. The normalized spacial score (nSPS) is 18.2. The minimum atomic E-state index is -4.46. The molecule has 1 fully saturated rings. The third-order valence-electron chi connectivity index (χ3n) is 5.78. The highest BCUT2D eigenvalue weighted by Gasteiger charge is 2.30. The minimum absolute atomic E-state index is 0.0384. The van der Waals surface area contributed by atoms with Crippen molar-refractivity contribution in [1.82, 2.24) is 16.0 Å². The predicted molar refractivity (Wildman–Crippen MR) is 126 cm³/mol. The number of carbonyl (C=O) groups excluding carboxylic acids is 2. The molecule has 3 rings (SSSR count). The molecule has 2 aromatic rings. The van der Waals surface area contributed by atoms with Gasteiger partial charge in [-0.1, -0.05) is 12.1 Å². The summed E-state index contributed by atoms with van der Waals surface area (Å²) >= 11 is 0. The lowest BCUT2D eigenvalue weighted by Gasteiger charge is -2.30. The fraction of sp³-hybridized carbons (Fsp3) is 0.400. The third-order valence-corrected chi connectivity index (χ3v) is 5.78. The van der Waals surface area contributed by atoms with Gasteiger partial charge in [-0.15, -0.1) is 0 Å². The average molecular weight is 527 g/mol. The molecule has 0 spiro atoms. The van der Waals surface area contributed by atoms with E-state index in [0.717, 1.165) is 30.3 Å². The van der Waals surface area contributed by atoms with Crippen molar-refractivity contribution >= 4 is 18.0 Å². The van der Waals surface area contributed by atoms with Crippen molar-refractivity contribution in [3.63, 3.8) is 0 Å². The van der Waals surface area contributed by atoms with E-state index in [1.807, 2.05) is 0 Å². The van der Waals surface area contributed by atoms with Crippen LogP contribution in [0.2, 0.25) is 0 Å². The molecule has 37 heavy (non-hydrogen) atoms. The second-order valence-corrected chi connectivity index (χ2v) is 8.50. The Balaban J connectivity index is 1.69. The fourth-order valence-corrected chi connectivity index (χ4v) is 3.82. The number of nitrogens with zero attached hydrogens (tertiary/aromatic N) is 1. The number of benzene rings is 2. The molecule has 200 valence electrons. The van der Waals surface area contributed by atoms with Crippen molar-refractivity contribution in [2.75, 3.05) is 6.61 Å². The van der Waals surface area contributed by atoms with E-state index >= 15 is 0 Å². The number of carbonyl (C=O) groups is 2. The Morgan fingerprint density at radius 1 is 0.946 bits per heavy atom. The number of alkyl halides is 3. The average Bonchev–Trinajstić information content (AvgIpc) is 2.85. The molecular formula is C25H27F5N4O3. The maximum atomic E-state index is 13.6. The van der Waals surface area contributed by atoms with E-state index in [2.05, 4.69) is 20.9 Å². The molecule has 12 heteroatoms. The Hall–Kier alpha value is -3.70. The Kier molecular flexibility index (Phi) is 9.42. The Bertz CT molecular complexity index is 1110. The topological polar surface area (TPSA) is 91.8 Å². The maximum absolute atomic E-state index is 13.6. The van der Waals surface area contributed by atoms with Gasteiger partial charge in [0.25, 0.3) is 5.91 Å². The lowest BCUT2D eigenvalue weighted by molar-refractivity contribution is -0.137. The minimum Gasteiger partial charge on any atom is -0.450 e. The predicted octanol–water partition coefficient (Wildman–Crippen LogP) is 4.92. The van der Waals surface area contributed by atoms with Crippen LogP contribution in [0, 0.1) is 11.6 Å². The molecular weight excluding hydrogens is 499 g/mol. The number of nitrogens with one attached hydrogen (secondary N) is 3. The number of aliphatic imine (C=N–C) groups is 1. The lowest BCUT2D eigenvalue weighted by atomic mass is 9.91. The summed E-state index contributed by atoms with van der Waals surface area (Å²) < 4.78 is 70.2. The third kappa shape index (κ3) is 8.43. The summed E-state index contributed by atoms with van der Waals surface area (Å²) in [5.74, 6) is -2.98. The number of alkyl carbamates (subject to hydrolysis) is 1. The van der Waals surface area contributed by atoms with Gasteiger partial charge in [0, 0.05) is 17.6 Å². The standard InChI is InChI=1S/C25H27F5N4O3/c1-2-37-24(36)33-19-10-8-18(9-11-19)32-23(34-22(35)16-5-12-20(26)21(27)13-16)31-14-15-3-6-17(7-4-15)25(28,29)30/h3-7,12-13,18-19H,2,8-11,14H2,1H3,(H,33,36)(H2,31,32,34,35). The van der Waals surface area contributed by atoms with E-state index in [9.17, 15) is 31.5 Å². The monoisotopic (exact) mass is 526 g/mol. The summed E-state index contributed by atoms with van der Waals surface area (Å²) in [4.78, 5) is 28.6. The van der Waals surface area contributed by atoms with Gasteiger partial charge in [0.2, 0.25) is 0 Å². The maximum Gasteiger partial charge on any atom is 0.416 e. The van der Waals surface area contributed by atoms with Crippen LogP contribution in [0.4, 0.5) is 26.7 Å². The summed E-state index contributed by atoms with van der Waals surface area (Å²) in [7, 11) is 0. The summed E-state index contributed by atoms with van der Waals surface area (Å²) in [6.45, 7) is 1.93. The van der Waals surface area contributed by atoms with Gasteiger partial charge in [0.1, 0.15) is 0 Å². The van der Waals surface area contributed by atoms with Crippen LogP contribution in [0.3, 0.4) is 0 Å². The van der Waals surface area contributed by atoms with Crippen molar-refractivity contribution in [3.8, 4) is 0 Å². The molecule has 0 unspecified atom stereocenters. The number of halogens is 5. The van der Waals surface area contributed by atoms with Crippen LogP contribution in [0.25, 0.3) is 0 Å². The van der Waals surface area contributed by atoms with E-state index < -0.39 is 35.4 Å². The Morgan fingerprint density at radius 3 is 2.14 bits per heavy atom. The molecule has 0 radical (unpaired) electrons. The van der Waals surface area contributed by atoms with E-state index in [1.54, 1.807) is 6.92 Å². The van der Waals surface area contributed by atoms with E-state index in [-0.39, 0.29) is 36.8 Å². The van der Waals surface area contributed by atoms with Crippen LogP contribution in [-0.4, -0.2) is 36.7 Å². The molecule has 2 amide bonds. The molecule has 1 aliphatic rings. The smallest absolute Gasteiger partial charge is 0.416 e. The van der Waals surface area contributed by atoms with Gasteiger partial charge in [-0.3, -0.25) is 10.1 Å². The highest BCUT2D eigenvalue weighted by atomic mass is 19.4. The van der Waals surface area contributed by atoms with Crippen molar-refractivity contribution in [2.45, 2.75) is 57.4 Å². The number of ether oxygens (including phenoxy) is 1. The van der Waals surface area contributed by atoms with Crippen LogP contribution in [-0.2, 0) is 17.5 Å². The van der Waals surface area contributed by atoms with Crippen LogP contribution in [0.15, 0.2) is 47.5 Å². The van der Waals surface area contributed by atoms with Gasteiger partial charge < -0.3 is 15.4 Å². The van der Waals surface area contributed by atoms with Crippen LogP contribution >= 0.6 is 0 Å². The largest absolute Gasteiger partial charge is 0.450 e. The first-order valence-corrected chi connectivity index (χ1v) is 11.7. The van der Waals surface area contributed by atoms with Gasteiger partial charge in [-0.25, -0.2) is 18.6 Å². The zero-order valence-corrected chi connectivity index (χ0v) is 20.0. The SMILES string of the molecule is CCOC(=O)NC1CCC(NC(=NCc2ccc(C(F)(F)F)cc2)NC(=O)c2ccc(F)c(F)c2)CC1. The van der Waals surface area contributed by atoms with Gasteiger partial charge in [0.05, 0.1) is 18.7 Å². The molecule has 1 aliphatic carbocycles. The van der Waals surface area contributed by atoms with Gasteiger partial charge in [-0.05, 0) is 68.5 Å². The molecule has 0 aromatic heterocycles. The molecule has 0 heterocycles. The molecule has 2 aromatic carbocycles. The van der Waals surface area contributed by atoms with Crippen molar-refractivity contribution in [3.05, 3.63) is 70.8 Å². The first kappa shape index (κ1) is 27.9. The summed E-state index contributed by atoms with van der Waals surface area (Å²) in [5, 5.41) is 8.43. The number of hydrogen-bond acceptors (Lipinski definition) is 4. The van der Waals surface area contributed by atoms with Crippen LogP contribution in [0.1, 0.15) is 54.1 Å². The van der Waals surface area contributed by atoms with Gasteiger partial charge >= 0.3 is 12.3 Å². The molecule has 0 saturated heterocycles. The van der Waals surface area contributed by atoms with E-state index in [4.69, 9.17) is 4.74 Å². The number of amides is 2. The first-order chi connectivity index (χ1) is 17.5. The van der Waals surface area contributed by atoms with E-state index in [0.29, 0.717) is 31.2 Å². The number of guanidine groups is 1. The van der Waals surface area contributed by atoms with E-state index in [1.165, 1.54) is 12.1 Å². The molecule has 7 nitrogen and oxygen atoms in total. The van der Waals surface area contributed by atoms with Gasteiger partial charge in [-0.2, -0.15) is 13.2 Å². The summed E-state index contributed by atoms with van der Waals surface area (Å²) in [5.41, 5.74) is -0.458. The molecule has 0 bridgehead atoms. The summed E-state index contributed by atoms with van der Waals surface area (Å²) in [6, 6.07) is 6.96. The zero-order valence-electron chi connectivity index (χ0n) is 20.0. The highest BCUT2D eigenvalue weighted by molar-refractivity contribution is 6.05. The quantitative estimate of drug-likeness (QED) is 0.283. The lowest BCUT2D eigenvalue weighted by Crippen LogP contribution is -2.49.